The van der Waals surface area contributed by atoms with Crippen LogP contribution in [0.15, 0.2) is 30.3 Å². The van der Waals surface area contributed by atoms with E-state index in [2.05, 4.69) is 10.2 Å². The Kier molecular flexibility index (Phi) is 4.66. The molecule has 0 radical (unpaired) electrons. The highest BCUT2D eigenvalue weighted by molar-refractivity contribution is 5.94. The topological polar surface area (TPSA) is 58.6 Å². The number of rotatable bonds is 6. The molecule has 3 aliphatic heterocycles. The van der Waals surface area contributed by atoms with E-state index in [0.717, 1.165) is 38.3 Å². The van der Waals surface area contributed by atoms with E-state index in [0.29, 0.717) is 36.3 Å². The van der Waals surface area contributed by atoms with Crippen LogP contribution in [0.25, 0.3) is 0 Å². The summed E-state index contributed by atoms with van der Waals surface area (Å²) in [5.74, 6) is 1.72. The molecule has 1 N–H and O–H groups in total. The van der Waals surface area contributed by atoms with E-state index in [1.165, 1.54) is 19.3 Å². The van der Waals surface area contributed by atoms with Crippen LogP contribution in [0.5, 0.6) is 0 Å². The first-order valence-corrected chi connectivity index (χ1v) is 10.9. The zero-order valence-electron chi connectivity index (χ0n) is 16.4. The second-order valence-corrected chi connectivity index (χ2v) is 9.22. The van der Waals surface area contributed by atoms with Gasteiger partial charge in [0.1, 0.15) is 0 Å². The van der Waals surface area contributed by atoms with Gasteiger partial charge >= 0.3 is 0 Å². The fourth-order valence-corrected chi connectivity index (χ4v) is 5.82. The zero-order valence-corrected chi connectivity index (χ0v) is 16.4. The van der Waals surface area contributed by atoms with Gasteiger partial charge in [-0.3, -0.25) is 9.59 Å². The van der Waals surface area contributed by atoms with Crippen LogP contribution in [-0.4, -0.2) is 48.1 Å². The van der Waals surface area contributed by atoms with Gasteiger partial charge in [0.15, 0.2) is 0 Å². The molecule has 2 bridgehead atoms. The smallest absolute Gasteiger partial charge is 0.251 e. The number of ether oxygens (including phenoxy) is 1. The summed E-state index contributed by atoms with van der Waals surface area (Å²) < 4.78 is 6.43. The Bertz CT molecular complexity index is 747. The van der Waals surface area contributed by atoms with Crippen LogP contribution in [0.3, 0.4) is 0 Å². The number of amides is 2. The first-order chi connectivity index (χ1) is 13.6. The highest BCUT2D eigenvalue weighted by Crippen LogP contribution is 2.54. The zero-order chi connectivity index (χ0) is 19.1. The van der Waals surface area contributed by atoms with Crippen molar-refractivity contribution >= 4 is 11.8 Å². The van der Waals surface area contributed by atoms with Gasteiger partial charge in [0, 0.05) is 36.9 Å². The van der Waals surface area contributed by atoms with Gasteiger partial charge in [-0.15, -0.1) is 0 Å². The number of hydrogen-bond donors (Lipinski definition) is 1. The summed E-state index contributed by atoms with van der Waals surface area (Å²) in [7, 11) is 0. The summed E-state index contributed by atoms with van der Waals surface area (Å²) in [6.07, 6.45) is 8.00. The number of nitrogens with zero attached hydrogens (tertiary/aromatic N) is 1. The molecule has 1 spiro atoms. The summed E-state index contributed by atoms with van der Waals surface area (Å²) >= 11 is 0. The molecule has 4 fully saturated rings. The molecule has 5 heteroatoms. The van der Waals surface area contributed by atoms with Crippen molar-refractivity contribution in [3.8, 4) is 0 Å². The lowest BCUT2D eigenvalue weighted by molar-refractivity contribution is -0.132. The Morgan fingerprint density at radius 3 is 2.75 bits per heavy atom. The van der Waals surface area contributed by atoms with Crippen LogP contribution in [0, 0.1) is 17.8 Å². The molecule has 3 heterocycles. The molecule has 1 saturated carbocycles. The maximum atomic E-state index is 12.8. The van der Waals surface area contributed by atoms with Gasteiger partial charge in [0.2, 0.25) is 5.91 Å². The fourth-order valence-electron chi connectivity index (χ4n) is 5.82. The van der Waals surface area contributed by atoms with E-state index >= 15 is 0 Å². The summed E-state index contributed by atoms with van der Waals surface area (Å²) in [6, 6.07) is 9.36. The summed E-state index contributed by atoms with van der Waals surface area (Å²) in [6.45, 7) is 2.18. The first kappa shape index (κ1) is 18.2. The van der Waals surface area contributed by atoms with Gasteiger partial charge in [-0.05, 0) is 37.3 Å². The van der Waals surface area contributed by atoms with Crippen LogP contribution in [-0.2, 0) is 9.53 Å². The van der Waals surface area contributed by atoms with Crippen molar-refractivity contribution in [1.29, 1.82) is 0 Å². The van der Waals surface area contributed by atoms with Crippen molar-refractivity contribution in [3.63, 3.8) is 0 Å². The van der Waals surface area contributed by atoms with Crippen LogP contribution >= 0.6 is 0 Å². The maximum absolute atomic E-state index is 12.8. The lowest BCUT2D eigenvalue weighted by Gasteiger charge is -2.29. The third-order valence-electron chi connectivity index (χ3n) is 7.66. The predicted octanol–water partition coefficient (Wildman–Crippen LogP) is 3.00. The Morgan fingerprint density at radius 1 is 1.18 bits per heavy atom. The molecule has 5 nitrogen and oxygen atoms in total. The van der Waals surface area contributed by atoms with Crippen molar-refractivity contribution in [1.82, 2.24) is 10.2 Å². The normalized spacial score (nSPS) is 33.6. The molecule has 2 amide bonds. The number of carbonyl (C=O) groups is 2. The molecular formula is C23H30N2O3. The molecule has 0 aromatic heterocycles. The Hall–Kier alpha value is -1.88. The maximum Gasteiger partial charge on any atom is 0.251 e. The average Bonchev–Trinajstić information content (AvgIpc) is 3.34. The monoisotopic (exact) mass is 382 g/mol. The molecule has 5 rings (SSSR count). The Balaban J connectivity index is 1.19. The summed E-state index contributed by atoms with van der Waals surface area (Å²) in [4.78, 5) is 27.2. The van der Waals surface area contributed by atoms with Crippen LogP contribution in [0.2, 0.25) is 0 Å². The van der Waals surface area contributed by atoms with Crippen molar-refractivity contribution in [2.45, 2.75) is 56.7 Å². The van der Waals surface area contributed by atoms with Crippen LogP contribution in [0.1, 0.15) is 55.3 Å². The molecule has 3 saturated heterocycles. The molecule has 1 aromatic rings. The number of carbonyl (C=O) groups excluding carboxylic acids is 2. The van der Waals surface area contributed by atoms with E-state index in [-0.39, 0.29) is 17.6 Å². The van der Waals surface area contributed by atoms with Crippen molar-refractivity contribution < 1.29 is 14.3 Å². The molecule has 4 aliphatic rings. The average molecular weight is 383 g/mol. The second-order valence-electron chi connectivity index (χ2n) is 9.22. The lowest BCUT2D eigenvalue weighted by atomic mass is 9.73. The SMILES string of the molecule is O=C(NC[C@H]1[C@H]2CN(C(=O)CCC3CCC3)C[C@]23CC[C@H]1O3)c1ccccc1. The number of nitrogens with one attached hydrogen (secondary N) is 1. The van der Waals surface area contributed by atoms with Gasteiger partial charge in [0.25, 0.3) is 5.91 Å². The largest absolute Gasteiger partial charge is 0.369 e. The van der Waals surface area contributed by atoms with Gasteiger partial charge in [-0.25, -0.2) is 0 Å². The molecular weight excluding hydrogens is 352 g/mol. The van der Waals surface area contributed by atoms with Gasteiger partial charge in [0.05, 0.1) is 18.2 Å². The number of hydrogen-bond acceptors (Lipinski definition) is 3. The molecule has 1 aromatic carbocycles. The predicted molar refractivity (Wildman–Crippen MR) is 106 cm³/mol. The minimum atomic E-state index is -0.154. The van der Waals surface area contributed by atoms with E-state index in [1.54, 1.807) is 0 Å². The van der Waals surface area contributed by atoms with Crippen LogP contribution in [0.4, 0.5) is 0 Å². The van der Waals surface area contributed by atoms with Crippen molar-refractivity contribution in [3.05, 3.63) is 35.9 Å². The first-order valence-electron chi connectivity index (χ1n) is 10.9. The molecule has 1 aliphatic carbocycles. The highest BCUT2D eigenvalue weighted by atomic mass is 16.5. The number of fused-ring (bicyclic) bond motifs is 1. The molecule has 28 heavy (non-hydrogen) atoms. The molecule has 0 unspecified atom stereocenters. The van der Waals surface area contributed by atoms with E-state index in [4.69, 9.17) is 4.74 Å². The second kappa shape index (κ2) is 7.18. The minimum absolute atomic E-state index is 0.0242. The summed E-state index contributed by atoms with van der Waals surface area (Å²) in [5, 5.41) is 3.11. The van der Waals surface area contributed by atoms with E-state index in [9.17, 15) is 9.59 Å². The number of benzene rings is 1. The summed E-state index contributed by atoms with van der Waals surface area (Å²) in [5.41, 5.74) is 0.541. The molecule has 150 valence electrons. The lowest BCUT2D eigenvalue weighted by Crippen LogP contribution is -2.41. The Morgan fingerprint density at radius 2 is 2.00 bits per heavy atom. The third-order valence-corrected chi connectivity index (χ3v) is 7.66. The van der Waals surface area contributed by atoms with Crippen molar-refractivity contribution in [2.75, 3.05) is 19.6 Å². The van der Waals surface area contributed by atoms with Gasteiger partial charge < -0.3 is 15.0 Å². The Labute approximate surface area is 166 Å². The highest BCUT2D eigenvalue weighted by Gasteiger charge is 2.63. The number of likely N-dealkylation sites (tertiary alicyclic amines) is 1. The van der Waals surface area contributed by atoms with Gasteiger partial charge in [-0.2, -0.15) is 0 Å². The standard InChI is InChI=1S/C23H30N2O3/c26-21(10-9-16-5-4-6-16)25-14-19-18(20-11-12-23(19,15-25)28-20)13-24-22(27)17-7-2-1-3-8-17/h1-3,7-8,16,18-20H,4-6,9-15H2,(H,24,27)/t18-,19+,20+,23+/m0/s1. The third kappa shape index (κ3) is 3.14. The van der Waals surface area contributed by atoms with E-state index < -0.39 is 0 Å². The quantitative estimate of drug-likeness (QED) is 0.823. The molecule has 4 atom stereocenters. The van der Waals surface area contributed by atoms with Crippen LogP contribution < -0.4 is 5.32 Å². The minimum Gasteiger partial charge on any atom is -0.369 e. The van der Waals surface area contributed by atoms with Crippen molar-refractivity contribution in [2.24, 2.45) is 17.8 Å². The van der Waals surface area contributed by atoms with Gasteiger partial charge in [-0.1, -0.05) is 37.5 Å². The van der Waals surface area contributed by atoms with E-state index in [1.807, 2.05) is 30.3 Å². The fraction of sp³-hybridized carbons (Fsp3) is 0.652.